The van der Waals surface area contributed by atoms with Gasteiger partial charge in [-0.05, 0) is 43.7 Å². The number of ether oxygens (including phenoxy) is 1. The van der Waals surface area contributed by atoms with Crippen LogP contribution in [0, 0.1) is 23.7 Å². The minimum Gasteiger partial charge on any atom is -0.497 e. The van der Waals surface area contributed by atoms with Gasteiger partial charge < -0.3 is 4.74 Å². The van der Waals surface area contributed by atoms with Crippen LogP contribution in [0.3, 0.4) is 0 Å². The number of hydrogen-bond donors (Lipinski definition) is 0. The van der Waals surface area contributed by atoms with E-state index in [9.17, 15) is 9.59 Å². The molecular weight excluding hydrogens is 326 g/mol. The van der Waals surface area contributed by atoms with E-state index in [0.717, 1.165) is 0 Å². The predicted octanol–water partition coefficient (Wildman–Crippen LogP) is 4.12. The lowest BCUT2D eigenvalue weighted by molar-refractivity contribution is -0.126. The molecule has 0 saturated heterocycles. The Bertz CT molecular complexity index is 786. The second kappa shape index (κ2) is 6.75. The van der Waals surface area contributed by atoms with E-state index >= 15 is 0 Å². The van der Waals surface area contributed by atoms with Gasteiger partial charge in [-0.3, -0.25) is 14.5 Å². The van der Waals surface area contributed by atoms with Crippen LogP contribution in [0.1, 0.15) is 32.6 Å². The summed E-state index contributed by atoms with van der Waals surface area (Å²) in [5.74, 6) is 1.12. The van der Waals surface area contributed by atoms with Crippen molar-refractivity contribution in [2.24, 2.45) is 23.7 Å². The summed E-state index contributed by atoms with van der Waals surface area (Å²) in [7, 11) is 1.58. The fourth-order valence-corrected chi connectivity index (χ4v) is 5.09. The van der Waals surface area contributed by atoms with Crippen LogP contribution in [0.15, 0.2) is 47.6 Å². The van der Waals surface area contributed by atoms with E-state index in [1.165, 1.54) is 36.2 Å². The van der Waals surface area contributed by atoms with Crippen LogP contribution >= 0.6 is 0 Å². The van der Waals surface area contributed by atoms with Gasteiger partial charge in [-0.1, -0.05) is 36.3 Å². The summed E-state index contributed by atoms with van der Waals surface area (Å²) in [5.41, 5.74) is 3.61. The molecule has 0 radical (unpaired) electrons. The van der Waals surface area contributed by atoms with Gasteiger partial charge in [0.1, 0.15) is 5.75 Å². The van der Waals surface area contributed by atoms with Gasteiger partial charge in [0.2, 0.25) is 12.3 Å². The van der Waals surface area contributed by atoms with Crippen molar-refractivity contribution < 1.29 is 14.3 Å². The molecule has 2 bridgehead atoms. The van der Waals surface area contributed by atoms with Gasteiger partial charge in [0, 0.05) is 17.9 Å². The Balaban J connectivity index is 1.66. The second-order valence-corrected chi connectivity index (χ2v) is 7.60. The lowest BCUT2D eigenvalue weighted by Crippen LogP contribution is -2.39. The molecule has 4 heteroatoms. The number of amides is 2. The Kier molecular flexibility index (Phi) is 4.43. The van der Waals surface area contributed by atoms with Gasteiger partial charge in [-0.25, -0.2) is 0 Å². The first-order valence-corrected chi connectivity index (χ1v) is 9.48. The number of rotatable bonds is 4. The standard InChI is InChI=1S/C22H25NO3/c1-14-18-10-11-19(21(18)15-6-3-4-7-15)20(14)22(25)23(13-24)16-8-5-9-17(12-16)26-2/h5,8-14,18-20H,3-4,6-7H2,1-2H3/t14-,18-,19-,20+/m1/s1. The first-order chi connectivity index (χ1) is 12.7. The molecule has 26 heavy (non-hydrogen) atoms. The molecule has 4 rings (SSSR count). The highest BCUT2D eigenvalue weighted by Gasteiger charge is 2.51. The molecule has 0 N–H and O–H groups in total. The predicted molar refractivity (Wildman–Crippen MR) is 101 cm³/mol. The average molecular weight is 351 g/mol. The molecule has 4 atom stereocenters. The monoisotopic (exact) mass is 351 g/mol. The Morgan fingerprint density at radius 1 is 1.19 bits per heavy atom. The number of imide groups is 1. The van der Waals surface area contributed by atoms with Crippen LogP contribution in [0.4, 0.5) is 5.69 Å². The van der Waals surface area contributed by atoms with E-state index < -0.39 is 0 Å². The highest BCUT2D eigenvalue weighted by Crippen LogP contribution is 2.55. The highest BCUT2D eigenvalue weighted by molar-refractivity contribution is 6.08. The Hall–Kier alpha value is -2.36. The van der Waals surface area contributed by atoms with E-state index in [1.807, 2.05) is 6.07 Å². The maximum Gasteiger partial charge on any atom is 0.237 e. The molecule has 3 aliphatic rings. The molecule has 2 amide bonds. The fourth-order valence-electron chi connectivity index (χ4n) is 5.09. The van der Waals surface area contributed by atoms with Crippen LogP contribution < -0.4 is 9.64 Å². The SMILES string of the molecule is COc1cccc(N(C=O)C(=O)[C@H]2[C@H](C)[C@H]3C=C[C@H]2C3=C2CCCC2)c1. The van der Waals surface area contributed by atoms with Crippen LogP contribution in [0.2, 0.25) is 0 Å². The van der Waals surface area contributed by atoms with E-state index in [1.54, 1.807) is 30.9 Å². The lowest BCUT2D eigenvalue weighted by atomic mass is 9.83. The van der Waals surface area contributed by atoms with Crippen molar-refractivity contribution in [3.05, 3.63) is 47.6 Å². The van der Waals surface area contributed by atoms with Gasteiger partial charge >= 0.3 is 0 Å². The summed E-state index contributed by atoms with van der Waals surface area (Å²) in [6.45, 7) is 2.15. The molecule has 1 aromatic carbocycles. The van der Waals surface area contributed by atoms with Crippen molar-refractivity contribution in [1.82, 2.24) is 0 Å². The number of benzene rings is 1. The quantitative estimate of drug-likeness (QED) is 0.605. The number of allylic oxidation sites excluding steroid dienone is 4. The van der Waals surface area contributed by atoms with E-state index in [0.29, 0.717) is 23.8 Å². The van der Waals surface area contributed by atoms with Gasteiger partial charge in [-0.2, -0.15) is 0 Å². The fraction of sp³-hybridized carbons (Fsp3) is 0.455. The lowest BCUT2D eigenvalue weighted by Gasteiger charge is -2.27. The van der Waals surface area contributed by atoms with Gasteiger partial charge in [-0.15, -0.1) is 0 Å². The van der Waals surface area contributed by atoms with Gasteiger partial charge in [0.05, 0.1) is 18.7 Å². The molecule has 0 spiro atoms. The third kappa shape index (κ3) is 2.59. The Labute approximate surface area is 154 Å². The summed E-state index contributed by atoms with van der Waals surface area (Å²) in [4.78, 5) is 26.4. The number of anilines is 1. The molecular formula is C22H25NO3. The van der Waals surface area contributed by atoms with Crippen molar-refractivity contribution in [2.45, 2.75) is 32.6 Å². The van der Waals surface area contributed by atoms with Crippen LogP contribution in [-0.4, -0.2) is 19.4 Å². The number of fused-ring (bicyclic) bond motifs is 2. The topological polar surface area (TPSA) is 46.6 Å². The average Bonchev–Trinajstić information content (AvgIpc) is 3.37. The third-order valence-electron chi connectivity index (χ3n) is 6.34. The summed E-state index contributed by atoms with van der Waals surface area (Å²) >= 11 is 0. The van der Waals surface area contributed by atoms with Crippen LogP contribution in [0.5, 0.6) is 5.75 Å². The molecule has 2 fully saturated rings. The van der Waals surface area contributed by atoms with E-state index in [-0.39, 0.29) is 23.7 Å². The maximum atomic E-state index is 13.3. The largest absolute Gasteiger partial charge is 0.497 e. The summed E-state index contributed by atoms with van der Waals surface area (Å²) in [5, 5.41) is 0. The zero-order valence-corrected chi connectivity index (χ0v) is 15.4. The zero-order chi connectivity index (χ0) is 18.3. The molecule has 4 nitrogen and oxygen atoms in total. The summed E-state index contributed by atoms with van der Waals surface area (Å²) < 4.78 is 5.24. The molecule has 0 aromatic heterocycles. The molecule has 1 aromatic rings. The molecule has 0 heterocycles. The number of carbonyl (C=O) groups is 2. The number of methoxy groups -OCH3 is 1. The maximum absolute atomic E-state index is 13.3. The molecule has 136 valence electrons. The van der Waals surface area contributed by atoms with Crippen molar-refractivity contribution in [2.75, 3.05) is 12.0 Å². The molecule has 0 unspecified atom stereocenters. The summed E-state index contributed by atoms with van der Waals surface area (Å²) in [6, 6.07) is 7.12. The smallest absolute Gasteiger partial charge is 0.237 e. The van der Waals surface area contributed by atoms with Gasteiger partial charge in [0.25, 0.3) is 0 Å². The first-order valence-electron chi connectivity index (χ1n) is 9.48. The van der Waals surface area contributed by atoms with E-state index in [4.69, 9.17) is 4.74 Å². The minimum absolute atomic E-state index is 0.103. The van der Waals surface area contributed by atoms with Crippen molar-refractivity contribution in [3.8, 4) is 5.75 Å². The first kappa shape index (κ1) is 17.1. The summed E-state index contributed by atoms with van der Waals surface area (Å²) in [6.07, 6.45) is 9.97. The van der Waals surface area contributed by atoms with E-state index in [2.05, 4.69) is 19.1 Å². The second-order valence-electron chi connectivity index (χ2n) is 7.60. The number of nitrogens with zero attached hydrogens (tertiary/aromatic N) is 1. The highest BCUT2D eigenvalue weighted by atomic mass is 16.5. The molecule has 3 aliphatic carbocycles. The molecule has 2 saturated carbocycles. The minimum atomic E-state index is -0.162. The van der Waals surface area contributed by atoms with Crippen molar-refractivity contribution in [3.63, 3.8) is 0 Å². The van der Waals surface area contributed by atoms with Crippen LogP contribution in [0.25, 0.3) is 0 Å². The van der Waals surface area contributed by atoms with Crippen molar-refractivity contribution >= 4 is 18.0 Å². The number of carbonyl (C=O) groups excluding carboxylic acids is 2. The van der Waals surface area contributed by atoms with Gasteiger partial charge in [0.15, 0.2) is 0 Å². The molecule has 0 aliphatic heterocycles. The van der Waals surface area contributed by atoms with Crippen LogP contribution in [-0.2, 0) is 9.59 Å². The third-order valence-corrected chi connectivity index (χ3v) is 6.34. The number of hydrogen-bond acceptors (Lipinski definition) is 3. The Morgan fingerprint density at radius 3 is 2.62 bits per heavy atom. The zero-order valence-electron chi connectivity index (χ0n) is 15.4. The Morgan fingerprint density at radius 2 is 1.92 bits per heavy atom. The normalized spacial score (nSPS) is 29.3. The van der Waals surface area contributed by atoms with Crippen molar-refractivity contribution in [1.29, 1.82) is 0 Å².